The summed E-state index contributed by atoms with van der Waals surface area (Å²) in [5, 5.41) is 0. The SMILES string of the molecule is CCOc1ccc(N2CCN(c3ccc(OCC)cc3)C2C(Cl)(Cl)Cl)cc1. The lowest BCUT2D eigenvalue weighted by atomic mass is 10.2. The quantitative estimate of drug-likeness (QED) is 0.566. The van der Waals surface area contributed by atoms with Crippen molar-refractivity contribution in [2.24, 2.45) is 0 Å². The van der Waals surface area contributed by atoms with Crippen LogP contribution in [0.15, 0.2) is 48.5 Å². The molecule has 0 saturated carbocycles. The third kappa shape index (κ3) is 4.68. The zero-order valence-electron chi connectivity index (χ0n) is 15.4. The first-order chi connectivity index (χ1) is 12.9. The van der Waals surface area contributed by atoms with Crippen molar-refractivity contribution in [2.45, 2.75) is 23.8 Å². The number of benzene rings is 2. The number of halogens is 3. The number of alkyl halides is 3. The molecule has 3 rings (SSSR count). The van der Waals surface area contributed by atoms with Crippen molar-refractivity contribution in [1.82, 2.24) is 0 Å². The van der Waals surface area contributed by atoms with Gasteiger partial charge in [0.1, 0.15) is 11.5 Å². The Morgan fingerprint density at radius 3 is 1.44 bits per heavy atom. The minimum Gasteiger partial charge on any atom is -0.494 e. The predicted molar refractivity (Wildman–Crippen MR) is 114 cm³/mol. The molecule has 0 amide bonds. The molecule has 1 aliphatic rings. The summed E-state index contributed by atoms with van der Waals surface area (Å²) in [6, 6.07) is 15.7. The first-order valence-corrected chi connectivity index (χ1v) is 10.1. The Hall–Kier alpha value is -1.49. The molecule has 0 unspecified atom stereocenters. The number of nitrogens with zero attached hydrogens (tertiary/aromatic N) is 2. The van der Waals surface area contributed by atoms with E-state index in [2.05, 4.69) is 9.80 Å². The minimum absolute atomic E-state index is 0.418. The highest BCUT2D eigenvalue weighted by molar-refractivity contribution is 6.68. The van der Waals surface area contributed by atoms with Crippen LogP contribution < -0.4 is 19.3 Å². The fraction of sp³-hybridized carbons (Fsp3) is 0.400. The molecule has 7 heteroatoms. The summed E-state index contributed by atoms with van der Waals surface area (Å²) in [7, 11) is 0. The van der Waals surface area contributed by atoms with Gasteiger partial charge in [0.2, 0.25) is 3.79 Å². The smallest absolute Gasteiger partial charge is 0.228 e. The van der Waals surface area contributed by atoms with E-state index in [4.69, 9.17) is 44.3 Å². The molecule has 0 spiro atoms. The third-order valence-electron chi connectivity index (χ3n) is 4.42. The molecular formula is C20H23Cl3N2O2. The van der Waals surface area contributed by atoms with E-state index in [-0.39, 0.29) is 0 Å². The summed E-state index contributed by atoms with van der Waals surface area (Å²) >= 11 is 19.2. The van der Waals surface area contributed by atoms with Crippen LogP contribution >= 0.6 is 34.8 Å². The summed E-state index contributed by atoms with van der Waals surface area (Å²) in [4.78, 5) is 4.22. The number of hydrogen-bond acceptors (Lipinski definition) is 4. The Morgan fingerprint density at radius 2 is 1.15 bits per heavy atom. The highest BCUT2D eigenvalue weighted by Gasteiger charge is 2.45. The van der Waals surface area contributed by atoms with Gasteiger partial charge in [0.15, 0.2) is 6.17 Å². The maximum atomic E-state index is 6.39. The van der Waals surface area contributed by atoms with Crippen LogP contribution in [0.5, 0.6) is 11.5 Å². The van der Waals surface area contributed by atoms with Crippen LogP contribution in [0.25, 0.3) is 0 Å². The van der Waals surface area contributed by atoms with Gasteiger partial charge < -0.3 is 19.3 Å². The fourth-order valence-electron chi connectivity index (χ4n) is 3.32. The van der Waals surface area contributed by atoms with E-state index in [1.165, 1.54) is 0 Å². The molecule has 2 aromatic rings. The standard InChI is InChI=1S/C20H23Cl3N2O2/c1-3-26-17-9-5-15(6-10-17)24-13-14-25(19(24)20(21,22)23)16-7-11-18(12-8-16)27-4-2/h5-12,19H,3-4,13-14H2,1-2H3. The van der Waals surface area contributed by atoms with E-state index in [1.54, 1.807) is 0 Å². The molecule has 0 aromatic heterocycles. The third-order valence-corrected chi connectivity index (χ3v) is 5.01. The molecule has 4 nitrogen and oxygen atoms in total. The van der Waals surface area contributed by atoms with Crippen molar-refractivity contribution in [3.63, 3.8) is 0 Å². The van der Waals surface area contributed by atoms with E-state index in [0.29, 0.717) is 13.2 Å². The number of ether oxygens (including phenoxy) is 2. The molecule has 1 aliphatic heterocycles. The van der Waals surface area contributed by atoms with Crippen LogP contribution in [0, 0.1) is 0 Å². The molecule has 0 aliphatic carbocycles. The maximum Gasteiger partial charge on any atom is 0.228 e. The molecule has 146 valence electrons. The monoisotopic (exact) mass is 428 g/mol. The average Bonchev–Trinajstić information content (AvgIpc) is 3.09. The van der Waals surface area contributed by atoms with E-state index < -0.39 is 9.96 Å². The zero-order chi connectivity index (χ0) is 19.4. The first-order valence-electron chi connectivity index (χ1n) is 8.99. The van der Waals surface area contributed by atoms with Crippen molar-refractivity contribution >= 4 is 46.2 Å². The van der Waals surface area contributed by atoms with E-state index in [1.807, 2.05) is 62.4 Å². The molecule has 0 radical (unpaired) electrons. The summed E-state index contributed by atoms with van der Waals surface area (Å²) < 4.78 is 9.56. The van der Waals surface area contributed by atoms with Gasteiger partial charge in [-0.25, -0.2) is 0 Å². The van der Waals surface area contributed by atoms with Crippen molar-refractivity contribution in [1.29, 1.82) is 0 Å². The lowest BCUT2D eigenvalue weighted by Gasteiger charge is -2.37. The van der Waals surface area contributed by atoms with Gasteiger partial charge in [0, 0.05) is 24.5 Å². The van der Waals surface area contributed by atoms with Crippen molar-refractivity contribution in [3.8, 4) is 11.5 Å². The Morgan fingerprint density at radius 1 is 0.778 bits per heavy atom. The molecule has 27 heavy (non-hydrogen) atoms. The van der Waals surface area contributed by atoms with Crippen LogP contribution in [-0.2, 0) is 0 Å². The normalized spacial score (nSPS) is 15.3. The molecule has 0 N–H and O–H groups in total. The van der Waals surface area contributed by atoms with Crippen molar-refractivity contribution < 1.29 is 9.47 Å². The summed E-state index contributed by atoms with van der Waals surface area (Å²) in [6.45, 7) is 6.68. The lowest BCUT2D eigenvalue weighted by Crippen LogP contribution is -2.48. The highest BCUT2D eigenvalue weighted by atomic mass is 35.6. The maximum absolute atomic E-state index is 6.39. The van der Waals surface area contributed by atoms with E-state index >= 15 is 0 Å². The summed E-state index contributed by atoms with van der Waals surface area (Å²) in [6.07, 6.45) is -0.418. The van der Waals surface area contributed by atoms with Crippen LogP contribution in [0.4, 0.5) is 11.4 Å². The average molecular weight is 430 g/mol. The number of hydrogen-bond donors (Lipinski definition) is 0. The van der Waals surface area contributed by atoms with E-state index in [9.17, 15) is 0 Å². The van der Waals surface area contributed by atoms with Gasteiger partial charge in [-0.05, 0) is 62.4 Å². The fourth-order valence-corrected chi connectivity index (χ4v) is 4.03. The molecule has 0 bridgehead atoms. The second kappa shape index (κ2) is 8.68. The van der Waals surface area contributed by atoms with Crippen LogP contribution in [0.2, 0.25) is 0 Å². The summed E-state index contributed by atoms with van der Waals surface area (Å²) in [5.41, 5.74) is 1.98. The van der Waals surface area contributed by atoms with Crippen molar-refractivity contribution in [2.75, 3.05) is 36.1 Å². The molecule has 0 atom stereocenters. The first kappa shape index (κ1) is 20.2. The topological polar surface area (TPSA) is 24.9 Å². The zero-order valence-corrected chi connectivity index (χ0v) is 17.6. The molecule has 2 aromatic carbocycles. The Kier molecular flexibility index (Phi) is 6.51. The van der Waals surface area contributed by atoms with Gasteiger partial charge in [-0.15, -0.1) is 0 Å². The molecule has 1 fully saturated rings. The van der Waals surface area contributed by atoms with Crippen LogP contribution in [0.3, 0.4) is 0 Å². The Bertz CT molecular complexity index is 675. The van der Waals surface area contributed by atoms with Crippen molar-refractivity contribution in [3.05, 3.63) is 48.5 Å². The molecule has 1 heterocycles. The van der Waals surface area contributed by atoms with Gasteiger partial charge >= 0.3 is 0 Å². The summed E-state index contributed by atoms with van der Waals surface area (Å²) in [5.74, 6) is 1.66. The second-order valence-electron chi connectivity index (χ2n) is 6.16. The van der Waals surface area contributed by atoms with Gasteiger partial charge in [-0.1, -0.05) is 34.8 Å². The Labute approximate surface area is 175 Å². The van der Waals surface area contributed by atoms with E-state index in [0.717, 1.165) is 36.0 Å². The van der Waals surface area contributed by atoms with Gasteiger partial charge in [0.05, 0.1) is 13.2 Å². The lowest BCUT2D eigenvalue weighted by molar-refractivity contribution is 0.340. The van der Waals surface area contributed by atoms with Crippen LogP contribution in [0.1, 0.15) is 13.8 Å². The van der Waals surface area contributed by atoms with Gasteiger partial charge in [-0.3, -0.25) is 0 Å². The van der Waals surface area contributed by atoms with Crippen LogP contribution in [-0.4, -0.2) is 36.3 Å². The van der Waals surface area contributed by atoms with Gasteiger partial charge in [0.25, 0.3) is 0 Å². The second-order valence-corrected chi connectivity index (χ2v) is 8.52. The predicted octanol–water partition coefficient (Wildman–Crippen LogP) is 5.51. The van der Waals surface area contributed by atoms with Gasteiger partial charge in [-0.2, -0.15) is 0 Å². The Balaban J connectivity index is 1.86. The largest absolute Gasteiger partial charge is 0.494 e. The molecule has 1 saturated heterocycles. The highest BCUT2D eigenvalue weighted by Crippen LogP contribution is 2.42. The molecular weight excluding hydrogens is 407 g/mol. The number of anilines is 2. The minimum atomic E-state index is -1.48. The number of rotatable bonds is 6.